The highest BCUT2D eigenvalue weighted by molar-refractivity contribution is 5.91. The summed E-state index contributed by atoms with van der Waals surface area (Å²) in [5, 5.41) is 15.8. The molecule has 1 fully saturated rings. The van der Waals surface area contributed by atoms with Gasteiger partial charge in [0, 0.05) is 25.4 Å². The molecule has 1 aliphatic heterocycles. The van der Waals surface area contributed by atoms with Crippen molar-refractivity contribution >= 4 is 33.4 Å². The van der Waals surface area contributed by atoms with Crippen LogP contribution in [0, 0.1) is 0 Å². The second-order valence-corrected chi connectivity index (χ2v) is 6.79. The van der Waals surface area contributed by atoms with Crippen LogP contribution in [0.2, 0.25) is 0 Å². The number of rotatable bonds is 4. The molecule has 4 aromatic rings. The summed E-state index contributed by atoms with van der Waals surface area (Å²) in [5.41, 5.74) is 3.34. The fourth-order valence-corrected chi connectivity index (χ4v) is 3.43. The molecule has 144 valence electrons. The van der Waals surface area contributed by atoms with E-state index in [0.29, 0.717) is 24.7 Å². The van der Waals surface area contributed by atoms with E-state index in [2.05, 4.69) is 25.6 Å². The van der Waals surface area contributed by atoms with Crippen molar-refractivity contribution in [1.82, 2.24) is 25.0 Å². The second-order valence-electron chi connectivity index (χ2n) is 6.79. The molecule has 0 amide bonds. The number of hydrogen-bond acceptors (Lipinski definition) is 6. The zero-order chi connectivity index (χ0) is 19.1. The van der Waals surface area contributed by atoms with Crippen molar-refractivity contribution in [2.45, 2.75) is 18.7 Å². The zero-order valence-corrected chi connectivity index (χ0v) is 15.2. The lowest BCUT2D eigenvalue weighted by Gasteiger charge is -2.25. The van der Waals surface area contributed by atoms with Gasteiger partial charge in [-0.3, -0.25) is 14.8 Å². The van der Waals surface area contributed by atoms with E-state index in [1.54, 1.807) is 10.9 Å². The molecule has 0 bridgehead atoms. The van der Waals surface area contributed by atoms with Gasteiger partial charge < -0.3 is 14.8 Å². The Hall–Kier alpha value is -3.20. The van der Waals surface area contributed by atoms with E-state index in [1.165, 1.54) is 0 Å². The van der Waals surface area contributed by atoms with Gasteiger partial charge in [0.15, 0.2) is 12.0 Å². The number of aromatic nitrogens is 5. The van der Waals surface area contributed by atoms with Crippen LogP contribution in [-0.2, 0) is 11.8 Å². The molecule has 2 N–H and O–H groups in total. The molecule has 9 heteroatoms. The minimum absolute atomic E-state index is 0.0646. The molecular formula is C19H19FN6O2. The molecule has 1 aliphatic rings. The number of aryl methyl sites for hydroxylation is 1. The van der Waals surface area contributed by atoms with Crippen molar-refractivity contribution in [3.8, 4) is 5.88 Å². The van der Waals surface area contributed by atoms with Crippen LogP contribution in [0.4, 0.5) is 15.9 Å². The number of benzene rings is 1. The molecule has 0 saturated carbocycles. The fourth-order valence-electron chi connectivity index (χ4n) is 3.43. The molecule has 5 rings (SSSR count). The van der Waals surface area contributed by atoms with Gasteiger partial charge in [0.25, 0.3) is 0 Å². The molecule has 0 spiro atoms. The van der Waals surface area contributed by atoms with Gasteiger partial charge in [0.2, 0.25) is 5.88 Å². The number of anilines is 2. The van der Waals surface area contributed by atoms with Crippen molar-refractivity contribution in [2.75, 3.05) is 18.5 Å². The van der Waals surface area contributed by atoms with E-state index >= 15 is 0 Å². The van der Waals surface area contributed by atoms with E-state index < -0.39 is 12.3 Å². The number of halogens is 1. The minimum atomic E-state index is -1.15. The Morgan fingerprint density at radius 3 is 3.18 bits per heavy atom. The largest absolute Gasteiger partial charge is 0.470 e. The van der Waals surface area contributed by atoms with E-state index in [9.17, 15) is 4.39 Å². The molecule has 8 nitrogen and oxygen atoms in total. The lowest BCUT2D eigenvalue weighted by Crippen LogP contribution is -2.37. The van der Waals surface area contributed by atoms with Crippen LogP contribution < -0.4 is 10.1 Å². The maximum atomic E-state index is 14.0. The number of alkyl halides is 1. The summed E-state index contributed by atoms with van der Waals surface area (Å²) in [7, 11) is 1.83. The van der Waals surface area contributed by atoms with Crippen LogP contribution >= 0.6 is 0 Å². The molecule has 28 heavy (non-hydrogen) atoms. The number of fused-ring (bicyclic) bond motifs is 2. The SMILES string of the molecule is Cn1nc(OC2CCOCC2F)c2ccc(Nc3n[nH]c4cccnc34)cc21. The highest BCUT2D eigenvalue weighted by Gasteiger charge is 2.28. The zero-order valence-electron chi connectivity index (χ0n) is 15.2. The minimum Gasteiger partial charge on any atom is -0.470 e. The third-order valence-corrected chi connectivity index (χ3v) is 4.89. The van der Waals surface area contributed by atoms with E-state index in [-0.39, 0.29) is 6.61 Å². The van der Waals surface area contributed by atoms with Crippen molar-refractivity contribution in [1.29, 1.82) is 0 Å². The first-order valence-corrected chi connectivity index (χ1v) is 9.10. The van der Waals surface area contributed by atoms with E-state index in [1.807, 2.05) is 37.4 Å². The van der Waals surface area contributed by atoms with Crippen molar-refractivity contribution in [2.24, 2.45) is 7.05 Å². The first-order valence-electron chi connectivity index (χ1n) is 9.10. The Morgan fingerprint density at radius 2 is 2.29 bits per heavy atom. The Labute approximate surface area is 159 Å². The van der Waals surface area contributed by atoms with Crippen molar-refractivity contribution < 1.29 is 13.9 Å². The molecule has 0 radical (unpaired) electrons. The lowest BCUT2D eigenvalue weighted by molar-refractivity contribution is -0.0393. The third-order valence-electron chi connectivity index (χ3n) is 4.89. The van der Waals surface area contributed by atoms with Gasteiger partial charge in [-0.2, -0.15) is 5.10 Å². The molecule has 3 aromatic heterocycles. The van der Waals surface area contributed by atoms with Gasteiger partial charge >= 0.3 is 0 Å². The van der Waals surface area contributed by atoms with Crippen LogP contribution in [0.1, 0.15) is 6.42 Å². The predicted octanol–water partition coefficient (Wildman–Crippen LogP) is 3.09. The van der Waals surface area contributed by atoms with Gasteiger partial charge in [-0.1, -0.05) is 0 Å². The van der Waals surface area contributed by atoms with Gasteiger partial charge in [0.05, 0.1) is 29.6 Å². The lowest BCUT2D eigenvalue weighted by atomic mass is 10.1. The van der Waals surface area contributed by atoms with Crippen LogP contribution in [0.5, 0.6) is 5.88 Å². The van der Waals surface area contributed by atoms with Crippen LogP contribution in [0.25, 0.3) is 21.9 Å². The van der Waals surface area contributed by atoms with E-state index in [0.717, 1.165) is 27.6 Å². The standard InChI is InChI=1S/C19H19FN6O2/c1-26-15-9-11(22-18-17-14(23-24-18)3-2-7-21-17)4-5-12(15)19(25-26)28-16-6-8-27-10-13(16)20/h2-5,7,9,13,16H,6,8,10H2,1H3,(H2,22,23,24). The second kappa shape index (κ2) is 6.75. The molecule has 1 aromatic carbocycles. The number of nitrogens with one attached hydrogen (secondary N) is 2. The van der Waals surface area contributed by atoms with E-state index in [4.69, 9.17) is 9.47 Å². The number of nitrogens with zero attached hydrogens (tertiary/aromatic N) is 4. The summed E-state index contributed by atoms with van der Waals surface area (Å²) in [4.78, 5) is 4.35. The number of aromatic amines is 1. The van der Waals surface area contributed by atoms with Crippen LogP contribution in [-0.4, -0.2) is 50.5 Å². The fraction of sp³-hybridized carbons (Fsp3) is 0.316. The highest BCUT2D eigenvalue weighted by atomic mass is 19.1. The van der Waals surface area contributed by atoms with Gasteiger partial charge in [0.1, 0.15) is 11.6 Å². The summed E-state index contributed by atoms with van der Waals surface area (Å²) in [5.74, 6) is 1.08. The molecule has 2 unspecified atom stereocenters. The van der Waals surface area contributed by atoms with Crippen molar-refractivity contribution in [3.63, 3.8) is 0 Å². The summed E-state index contributed by atoms with van der Waals surface area (Å²) in [6.07, 6.45) is 0.557. The smallest absolute Gasteiger partial charge is 0.241 e. The number of hydrogen-bond donors (Lipinski definition) is 2. The monoisotopic (exact) mass is 382 g/mol. The molecule has 4 heterocycles. The summed E-state index contributed by atoms with van der Waals surface area (Å²) in [6.45, 7) is 0.560. The Bertz CT molecular complexity index is 1140. The maximum Gasteiger partial charge on any atom is 0.241 e. The molecule has 1 saturated heterocycles. The Balaban J connectivity index is 1.44. The molecule has 2 atom stereocenters. The maximum absolute atomic E-state index is 14.0. The highest BCUT2D eigenvalue weighted by Crippen LogP contribution is 2.31. The van der Waals surface area contributed by atoms with Gasteiger partial charge in [-0.25, -0.2) is 4.39 Å². The first kappa shape index (κ1) is 16.9. The average molecular weight is 382 g/mol. The average Bonchev–Trinajstić information content (AvgIpc) is 3.25. The third kappa shape index (κ3) is 2.93. The van der Waals surface area contributed by atoms with Gasteiger partial charge in [-0.15, -0.1) is 5.10 Å². The summed E-state index contributed by atoms with van der Waals surface area (Å²) < 4.78 is 26.8. The quantitative estimate of drug-likeness (QED) is 0.564. The Kier molecular flexibility index (Phi) is 4.09. The normalized spacial score (nSPS) is 19.9. The van der Waals surface area contributed by atoms with Crippen LogP contribution in [0.3, 0.4) is 0 Å². The molecule has 0 aliphatic carbocycles. The Morgan fingerprint density at radius 1 is 1.36 bits per heavy atom. The van der Waals surface area contributed by atoms with Gasteiger partial charge in [-0.05, 0) is 30.3 Å². The van der Waals surface area contributed by atoms with Crippen LogP contribution in [0.15, 0.2) is 36.5 Å². The first-order chi connectivity index (χ1) is 13.7. The van der Waals surface area contributed by atoms with Crippen molar-refractivity contribution in [3.05, 3.63) is 36.5 Å². The topological polar surface area (TPSA) is 89.9 Å². The summed E-state index contributed by atoms with van der Waals surface area (Å²) >= 11 is 0. The number of pyridine rings is 1. The number of ether oxygens (including phenoxy) is 2. The number of H-pyrrole nitrogens is 1. The molecular weight excluding hydrogens is 363 g/mol. The summed E-state index contributed by atoms with van der Waals surface area (Å²) in [6, 6.07) is 9.55. The predicted molar refractivity (Wildman–Crippen MR) is 103 cm³/mol.